The summed E-state index contributed by atoms with van der Waals surface area (Å²) in [5.41, 5.74) is 6.35. The van der Waals surface area contributed by atoms with E-state index in [1.54, 1.807) is 0 Å². The lowest BCUT2D eigenvalue weighted by Crippen LogP contribution is -2.49. The molecule has 0 fully saturated rings. The minimum absolute atomic E-state index is 0.154. The van der Waals surface area contributed by atoms with Crippen molar-refractivity contribution in [2.45, 2.75) is 44.7 Å². The van der Waals surface area contributed by atoms with E-state index in [-0.39, 0.29) is 6.42 Å². The molecule has 1 heterocycles. The van der Waals surface area contributed by atoms with Gasteiger partial charge in [-0.25, -0.2) is 9.78 Å². The molecule has 0 saturated heterocycles. The number of carbonyl (C=O) groups is 2. The fourth-order valence-electron chi connectivity index (χ4n) is 1.65. The highest BCUT2D eigenvalue weighted by atomic mass is 16.4. The number of nitrogens with zero attached hydrogens (tertiary/aromatic N) is 1. The SMILES string of the molecule is CCCCC(N)C(=O)NC(Cc1cnc[nH]1)C(=O)O. The minimum Gasteiger partial charge on any atom is -0.480 e. The molecule has 2 unspecified atom stereocenters. The molecular weight excluding hydrogens is 248 g/mol. The lowest BCUT2D eigenvalue weighted by molar-refractivity contribution is -0.142. The third kappa shape index (κ3) is 5.09. The molecule has 0 bridgehead atoms. The van der Waals surface area contributed by atoms with Crippen molar-refractivity contribution in [3.63, 3.8) is 0 Å². The van der Waals surface area contributed by atoms with Gasteiger partial charge in [-0.15, -0.1) is 0 Å². The summed E-state index contributed by atoms with van der Waals surface area (Å²) >= 11 is 0. The summed E-state index contributed by atoms with van der Waals surface area (Å²) < 4.78 is 0. The molecule has 19 heavy (non-hydrogen) atoms. The first kappa shape index (κ1) is 15.2. The van der Waals surface area contributed by atoms with Gasteiger partial charge in [0.1, 0.15) is 6.04 Å². The average Bonchev–Trinajstić information content (AvgIpc) is 2.87. The number of amides is 1. The molecule has 1 aromatic heterocycles. The zero-order valence-electron chi connectivity index (χ0n) is 10.9. The number of carbonyl (C=O) groups excluding carboxylic acids is 1. The van der Waals surface area contributed by atoms with Gasteiger partial charge < -0.3 is 21.1 Å². The number of H-pyrrole nitrogens is 1. The molecule has 0 spiro atoms. The predicted octanol–water partition coefficient (Wildman–Crippen LogP) is 0.0391. The Kier molecular flexibility index (Phi) is 6.01. The lowest BCUT2D eigenvalue weighted by Gasteiger charge is -2.17. The summed E-state index contributed by atoms with van der Waals surface area (Å²) in [6.45, 7) is 2.00. The number of nitrogens with two attached hydrogens (primary N) is 1. The molecule has 1 aromatic rings. The van der Waals surface area contributed by atoms with E-state index >= 15 is 0 Å². The van der Waals surface area contributed by atoms with Crippen LogP contribution < -0.4 is 11.1 Å². The van der Waals surface area contributed by atoms with Crippen LogP contribution in [0.15, 0.2) is 12.5 Å². The van der Waals surface area contributed by atoms with Crippen LogP contribution in [0, 0.1) is 0 Å². The number of aromatic nitrogens is 2. The summed E-state index contributed by atoms with van der Waals surface area (Å²) in [6, 6.07) is -1.66. The number of rotatable bonds is 8. The summed E-state index contributed by atoms with van der Waals surface area (Å²) in [7, 11) is 0. The second kappa shape index (κ2) is 7.52. The van der Waals surface area contributed by atoms with Crippen LogP contribution in [0.2, 0.25) is 0 Å². The Labute approximate surface area is 111 Å². The molecule has 7 heteroatoms. The maximum Gasteiger partial charge on any atom is 0.326 e. The van der Waals surface area contributed by atoms with Gasteiger partial charge in [0.2, 0.25) is 5.91 Å². The first-order valence-electron chi connectivity index (χ1n) is 6.30. The van der Waals surface area contributed by atoms with Crippen molar-refractivity contribution in [2.24, 2.45) is 5.73 Å². The average molecular weight is 268 g/mol. The fourth-order valence-corrected chi connectivity index (χ4v) is 1.65. The van der Waals surface area contributed by atoms with Gasteiger partial charge in [0.25, 0.3) is 0 Å². The van der Waals surface area contributed by atoms with Crippen LogP contribution in [0.1, 0.15) is 31.9 Å². The molecule has 0 aromatic carbocycles. The van der Waals surface area contributed by atoms with Gasteiger partial charge in [0, 0.05) is 18.3 Å². The molecule has 1 amide bonds. The fraction of sp³-hybridized carbons (Fsp3) is 0.583. The maximum atomic E-state index is 11.8. The monoisotopic (exact) mass is 268 g/mol. The Balaban J connectivity index is 2.53. The number of carboxylic acid groups (broad SMARTS) is 1. The molecule has 0 aliphatic carbocycles. The Bertz CT molecular complexity index is 405. The molecule has 1 rings (SSSR count). The van der Waals surface area contributed by atoms with E-state index < -0.39 is 24.0 Å². The molecule has 2 atom stereocenters. The Morgan fingerprint density at radius 2 is 2.32 bits per heavy atom. The molecule has 7 nitrogen and oxygen atoms in total. The predicted molar refractivity (Wildman–Crippen MR) is 69.4 cm³/mol. The number of aromatic amines is 1. The minimum atomic E-state index is -1.09. The van der Waals surface area contributed by atoms with Gasteiger partial charge in [-0.3, -0.25) is 4.79 Å². The van der Waals surface area contributed by atoms with Gasteiger partial charge in [0.15, 0.2) is 0 Å². The Morgan fingerprint density at radius 1 is 1.58 bits per heavy atom. The van der Waals surface area contributed by atoms with Gasteiger partial charge in [-0.2, -0.15) is 0 Å². The molecule has 106 valence electrons. The van der Waals surface area contributed by atoms with E-state index in [2.05, 4.69) is 15.3 Å². The van der Waals surface area contributed by atoms with Crippen molar-refractivity contribution in [1.29, 1.82) is 0 Å². The molecule has 0 aliphatic heterocycles. The first-order valence-corrected chi connectivity index (χ1v) is 6.30. The van der Waals surface area contributed by atoms with Crippen LogP contribution in [-0.4, -0.2) is 39.0 Å². The van der Waals surface area contributed by atoms with Crippen LogP contribution in [0.5, 0.6) is 0 Å². The number of carboxylic acids is 1. The standard InChI is InChI=1S/C12H20N4O3/c1-2-3-4-9(13)11(17)16-10(12(18)19)5-8-6-14-7-15-8/h6-7,9-10H,2-5,13H2,1H3,(H,14,15)(H,16,17)(H,18,19). The van der Waals surface area contributed by atoms with Crippen LogP contribution in [-0.2, 0) is 16.0 Å². The zero-order valence-corrected chi connectivity index (χ0v) is 10.9. The van der Waals surface area contributed by atoms with E-state index in [1.165, 1.54) is 12.5 Å². The van der Waals surface area contributed by atoms with Gasteiger partial charge in [-0.1, -0.05) is 19.8 Å². The molecule has 0 radical (unpaired) electrons. The van der Waals surface area contributed by atoms with Crippen LogP contribution in [0.4, 0.5) is 0 Å². The van der Waals surface area contributed by atoms with Crippen LogP contribution >= 0.6 is 0 Å². The quantitative estimate of drug-likeness (QED) is 0.530. The van der Waals surface area contributed by atoms with Gasteiger partial charge in [-0.05, 0) is 6.42 Å². The van der Waals surface area contributed by atoms with E-state index in [0.717, 1.165) is 12.8 Å². The first-order chi connectivity index (χ1) is 9.04. The van der Waals surface area contributed by atoms with E-state index in [0.29, 0.717) is 12.1 Å². The summed E-state index contributed by atoms with van der Waals surface area (Å²) in [4.78, 5) is 29.5. The molecule has 0 aliphatic rings. The number of hydrogen-bond donors (Lipinski definition) is 4. The van der Waals surface area contributed by atoms with Crippen LogP contribution in [0.25, 0.3) is 0 Å². The smallest absolute Gasteiger partial charge is 0.326 e. The highest BCUT2D eigenvalue weighted by molar-refractivity contribution is 5.86. The normalized spacial score (nSPS) is 13.8. The van der Waals surface area contributed by atoms with E-state index in [1.807, 2.05) is 6.92 Å². The number of hydrogen-bond acceptors (Lipinski definition) is 4. The van der Waals surface area contributed by atoms with Crippen molar-refractivity contribution >= 4 is 11.9 Å². The largest absolute Gasteiger partial charge is 0.480 e. The summed E-state index contributed by atoms with van der Waals surface area (Å²) in [5.74, 6) is -1.52. The third-order valence-corrected chi connectivity index (χ3v) is 2.80. The van der Waals surface area contributed by atoms with Crippen molar-refractivity contribution < 1.29 is 14.7 Å². The third-order valence-electron chi connectivity index (χ3n) is 2.80. The van der Waals surface area contributed by atoms with E-state index in [4.69, 9.17) is 10.8 Å². The summed E-state index contributed by atoms with van der Waals surface area (Å²) in [6.07, 6.45) is 5.48. The highest BCUT2D eigenvalue weighted by Crippen LogP contribution is 2.02. The van der Waals surface area contributed by atoms with Crippen molar-refractivity contribution in [2.75, 3.05) is 0 Å². The van der Waals surface area contributed by atoms with Crippen LogP contribution in [0.3, 0.4) is 0 Å². The van der Waals surface area contributed by atoms with Crippen molar-refractivity contribution in [1.82, 2.24) is 15.3 Å². The van der Waals surface area contributed by atoms with Crippen molar-refractivity contribution in [3.05, 3.63) is 18.2 Å². The molecular formula is C12H20N4O3. The Morgan fingerprint density at radius 3 is 2.84 bits per heavy atom. The second-order valence-corrected chi connectivity index (χ2v) is 4.43. The summed E-state index contributed by atoms with van der Waals surface area (Å²) in [5, 5.41) is 11.5. The molecule has 0 saturated carbocycles. The zero-order chi connectivity index (χ0) is 14.3. The van der Waals surface area contributed by atoms with Gasteiger partial charge >= 0.3 is 5.97 Å². The number of aliphatic carboxylic acids is 1. The molecule has 5 N–H and O–H groups in total. The Hall–Kier alpha value is -1.89. The number of unbranched alkanes of at least 4 members (excludes halogenated alkanes) is 1. The van der Waals surface area contributed by atoms with Crippen molar-refractivity contribution in [3.8, 4) is 0 Å². The van der Waals surface area contributed by atoms with E-state index in [9.17, 15) is 9.59 Å². The number of imidazole rings is 1. The topological polar surface area (TPSA) is 121 Å². The maximum absolute atomic E-state index is 11.8. The second-order valence-electron chi connectivity index (χ2n) is 4.43. The van der Waals surface area contributed by atoms with Gasteiger partial charge in [0.05, 0.1) is 12.4 Å². The number of nitrogens with one attached hydrogen (secondary N) is 2. The highest BCUT2D eigenvalue weighted by Gasteiger charge is 2.23. The lowest BCUT2D eigenvalue weighted by atomic mass is 10.1.